The summed E-state index contributed by atoms with van der Waals surface area (Å²) in [5, 5.41) is 17.1. The predicted molar refractivity (Wildman–Crippen MR) is 153 cm³/mol. The maximum absolute atomic E-state index is 14.0. The first-order chi connectivity index (χ1) is 20.1. The van der Waals surface area contributed by atoms with Gasteiger partial charge in [0.05, 0.1) is 23.3 Å². The van der Waals surface area contributed by atoms with Gasteiger partial charge in [0, 0.05) is 28.9 Å². The Bertz CT molecular complexity index is 1620. The molecule has 11 heteroatoms. The Kier molecular flexibility index (Phi) is 6.23. The van der Waals surface area contributed by atoms with Crippen LogP contribution < -0.4 is 21.2 Å². The van der Waals surface area contributed by atoms with E-state index in [0.29, 0.717) is 34.2 Å². The topological polar surface area (TPSA) is 130 Å². The molecule has 0 spiro atoms. The second-order valence-corrected chi connectivity index (χ2v) is 12.5. The van der Waals surface area contributed by atoms with Crippen molar-refractivity contribution in [3.8, 4) is 17.0 Å². The van der Waals surface area contributed by atoms with Crippen LogP contribution in [0.1, 0.15) is 43.9 Å². The summed E-state index contributed by atoms with van der Waals surface area (Å²) in [6.45, 7) is 1.57. The SMILES string of the molecule is C[C@]1(C(N)=O)COc2c1cc([C@@](O)(CNC(=O)C1=CC3=CN(C4CC4)NC3C=C1)C1CC1)nc2-c1ccc(F)c(Cl)c1. The normalized spacial score (nSPS) is 25.6. The number of amides is 2. The van der Waals surface area contributed by atoms with E-state index >= 15 is 0 Å². The first-order valence-electron chi connectivity index (χ1n) is 14.2. The van der Waals surface area contributed by atoms with Gasteiger partial charge >= 0.3 is 0 Å². The fourth-order valence-electron chi connectivity index (χ4n) is 5.90. The van der Waals surface area contributed by atoms with Crippen LogP contribution in [0, 0.1) is 11.7 Å². The number of nitrogens with one attached hydrogen (secondary N) is 2. The smallest absolute Gasteiger partial charge is 0.251 e. The van der Waals surface area contributed by atoms with Crippen LogP contribution in [0.4, 0.5) is 4.39 Å². The van der Waals surface area contributed by atoms with Crippen molar-refractivity contribution in [2.24, 2.45) is 11.7 Å². The van der Waals surface area contributed by atoms with E-state index in [4.69, 9.17) is 27.1 Å². The molecule has 1 aromatic heterocycles. The molecule has 2 saturated carbocycles. The molecular weight excluding hydrogens is 561 g/mol. The number of ether oxygens (including phenoxy) is 1. The van der Waals surface area contributed by atoms with E-state index in [1.54, 1.807) is 19.1 Å². The van der Waals surface area contributed by atoms with Crippen molar-refractivity contribution in [1.29, 1.82) is 0 Å². The second kappa shape index (κ2) is 9.65. The molecule has 2 aliphatic heterocycles. The van der Waals surface area contributed by atoms with E-state index in [9.17, 15) is 19.1 Å². The lowest BCUT2D eigenvalue weighted by Gasteiger charge is -2.30. The number of nitrogens with two attached hydrogens (primary N) is 1. The minimum absolute atomic E-state index is 0.00626. The van der Waals surface area contributed by atoms with Crippen molar-refractivity contribution in [3.63, 3.8) is 0 Å². The van der Waals surface area contributed by atoms with Crippen LogP contribution in [0.2, 0.25) is 5.02 Å². The van der Waals surface area contributed by atoms with E-state index in [2.05, 4.69) is 22.0 Å². The molecule has 2 fully saturated rings. The number of hydrogen-bond acceptors (Lipinski definition) is 7. The number of hydrazine groups is 1. The number of hydrogen-bond donors (Lipinski definition) is 4. The Labute approximate surface area is 247 Å². The van der Waals surface area contributed by atoms with Crippen molar-refractivity contribution in [2.75, 3.05) is 13.2 Å². The highest BCUT2D eigenvalue weighted by molar-refractivity contribution is 6.31. The van der Waals surface area contributed by atoms with Crippen LogP contribution in [0.15, 0.2) is 59.8 Å². The minimum Gasteiger partial charge on any atom is -0.489 e. The van der Waals surface area contributed by atoms with E-state index in [-0.39, 0.29) is 41.7 Å². The molecule has 0 saturated heterocycles. The number of aliphatic hydroxyl groups is 1. The number of carbonyl (C=O) groups is 2. The maximum atomic E-state index is 14.0. The van der Waals surface area contributed by atoms with E-state index < -0.39 is 22.7 Å². The number of rotatable bonds is 8. The summed E-state index contributed by atoms with van der Waals surface area (Å²) in [6.07, 6.45) is 11.5. The first-order valence-corrected chi connectivity index (χ1v) is 14.6. The maximum Gasteiger partial charge on any atom is 0.251 e. The third kappa shape index (κ3) is 4.49. The molecule has 3 heterocycles. The molecule has 0 bridgehead atoms. The predicted octanol–water partition coefficient (Wildman–Crippen LogP) is 3.12. The van der Waals surface area contributed by atoms with Crippen molar-refractivity contribution >= 4 is 23.4 Å². The van der Waals surface area contributed by atoms with Crippen LogP contribution in [0.3, 0.4) is 0 Å². The minimum atomic E-state index is -1.54. The third-order valence-corrected chi connectivity index (χ3v) is 9.24. The Hall–Kier alpha value is -3.73. The second-order valence-electron chi connectivity index (χ2n) is 12.1. The summed E-state index contributed by atoms with van der Waals surface area (Å²) < 4.78 is 19.9. The third-order valence-electron chi connectivity index (χ3n) is 8.95. The van der Waals surface area contributed by atoms with Gasteiger partial charge in [-0.05, 0) is 74.4 Å². The van der Waals surface area contributed by atoms with Gasteiger partial charge < -0.3 is 25.9 Å². The molecule has 3 aliphatic carbocycles. The molecule has 7 rings (SSSR count). The average molecular weight is 592 g/mol. The number of benzene rings is 1. The summed E-state index contributed by atoms with van der Waals surface area (Å²) >= 11 is 6.09. The van der Waals surface area contributed by atoms with Crippen molar-refractivity contribution in [3.05, 3.63) is 81.9 Å². The van der Waals surface area contributed by atoms with Gasteiger partial charge in [-0.3, -0.25) is 9.59 Å². The van der Waals surface area contributed by atoms with Gasteiger partial charge in [-0.1, -0.05) is 23.8 Å². The molecule has 5 aliphatic rings. The van der Waals surface area contributed by atoms with E-state index in [1.165, 1.54) is 18.2 Å². The average Bonchev–Trinajstić information content (AvgIpc) is 3.92. The van der Waals surface area contributed by atoms with Crippen molar-refractivity contribution in [1.82, 2.24) is 20.7 Å². The van der Waals surface area contributed by atoms with Gasteiger partial charge in [-0.25, -0.2) is 14.8 Å². The van der Waals surface area contributed by atoms with Crippen LogP contribution in [0.25, 0.3) is 11.3 Å². The quantitative estimate of drug-likeness (QED) is 0.371. The number of pyridine rings is 1. The van der Waals surface area contributed by atoms with Crippen molar-refractivity contribution in [2.45, 2.75) is 55.7 Å². The molecule has 9 nitrogen and oxygen atoms in total. The standard InChI is InChI=1S/C31H31ClFN5O4/c1-30(29(34)40)15-42-27-21(30)12-25(36-26(27)16-2-8-23(33)22(32)11-16)31(41,19-4-5-19)14-35-28(39)17-3-9-24-18(10-17)13-38(37-24)20-6-7-20/h2-3,8-13,19-20,24,37,41H,4-7,14-15H2,1H3,(H2,34,40)(H,35,39)/t24?,30-,31+/m0/s1. The summed E-state index contributed by atoms with van der Waals surface area (Å²) in [5.41, 5.74) is 9.55. The van der Waals surface area contributed by atoms with Crippen LogP contribution in [-0.2, 0) is 20.6 Å². The van der Waals surface area contributed by atoms with Gasteiger partial charge in [0.15, 0.2) is 0 Å². The zero-order valence-corrected chi connectivity index (χ0v) is 23.7. The first kappa shape index (κ1) is 27.1. The van der Waals surface area contributed by atoms with E-state index in [0.717, 1.165) is 31.3 Å². The molecule has 3 atom stereocenters. The van der Waals surface area contributed by atoms with Gasteiger partial charge in [0.25, 0.3) is 5.91 Å². The molecule has 218 valence electrons. The number of carbonyl (C=O) groups excluding carboxylic acids is 2. The number of nitrogens with zero attached hydrogens (tertiary/aromatic N) is 2. The Morgan fingerprint density at radius 3 is 2.79 bits per heavy atom. The highest BCUT2D eigenvalue weighted by atomic mass is 35.5. The largest absolute Gasteiger partial charge is 0.489 e. The molecular formula is C31H31ClFN5O4. The van der Waals surface area contributed by atoms with Gasteiger partial charge in [0.2, 0.25) is 5.91 Å². The number of primary amides is 1. The molecule has 0 radical (unpaired) electrons. The van der Waals surface area contributed by atoms with E-state index in [1.807, 2.05) is 12.2 Å². The number of aromatic nitrogens is 1. The molecule has 1 aromatic carbocycles. The highest BCUT2D eigenvalue weighted by Crippen LogP contribution is 2.50. The fourth-order valence-corrected chi connectivity index (χ4v) is 6.08. The van der Waals surface area contributed by atoms with Crippen LogP contribution in [0.5, 0.6) is 5.75 Å². The van der Waals surface area contributed by atoms with Gasteiger partial charge in [-0.15, -0.1) is 0 Å². The highest BCUT2D eigenvalue weighted by Gasteiger charge is 2.50. The van der Waals surface area contributed by atoms with Crippen molar-refractivity contribution < 1.29 is 23.8 Å². The zero-order chi connectivity index (χ0) is 29.4. The molecule has 42 heavy (non-hydrogen) atoms. The number of fused-ring (bicyclic) bond motifs is 2. The van der Waals surface area contributed by atoms with Gasteiger partial charge in [0.1, 0.15) is 34.9 Å². The number of halogens is 2. The lowest BCUT2D eigenvalue weighted by molar-refractivity contribution is -0.123. The molecule has 2 amide bonds. The van der Waals surface area contributed by atoms with Gasteiger partial charge in [-0.2, -0.15) is 0 Å². The molecule has 5 N–H and O–H groups in total. The molecule has 1 unspecified atom stereocenters. The lowest BCUT2D eigenvalue weighted by atomic mass is 9.81. The molecule has 2 aromatic rings. The summed E-state index contributed by atoms with van der Waals surface area (Å²) in [5.74, 6) is -1.32. The zero-order valence-electron chi connectivity index (χ0n) is 23.0. The fraction of sp³-hybridized carbons (Fsp3) is 0.387. The Morgan fingerprint density at radius 2 is 2.10 bits per heavy atom. The van der Waals surface area contributed by atoms with Crippen LogP contribution >= 0.6 is 11.6 Å². The lowest BCUT2D eigenvalue weighted by Crippen LogP contribution is -2.44. The Balaban J connectivity index is 1.22. The summed E-state index contributed by atoms with van der Waals surface area (Å²) in [7, 11) is 0. The summed E-state index contributed by atoms with van der Waals surface area (Å²) in [4.78, 5) is 30.7. The Morgan fingerprint density at radius 1 is 1.31 bits per heavy atom. The summed E-state index contributed by atoms with van der Waals surface area (Å²) in [6, 6.07) is 6.37. The monoisotopic (exact) mass is 591 g/mol. The van der Waals surface area contributed by atoms with Crippen LogP contribution in [-0.4, -0.2) is 52.1 Å².